The summed E-state index contributed by atoms with van der Waals surface area (Å²) in [6.07, 6.45) is 2.65. The van der Waals surface area contributed by atoms with Crippen LogP contribution in [0, 0.1) is 6.92 Å². The Morgan fingerprint density at radius 2 is 2.00 bits per heavy atom. The average Bonchev–Trinajstić information content (AvgIpc) is 2.74. The van der Waals surface area contributed by atoms with Crippen LogP contribution < -0.4 is 0 Å². The second-order valence-corrected chi connectivity index (χ2v) is 4.21. The van der Waals surface area contributed by atoms with E-state index in [2.05, 4.69) is 31.1 Å². The zero-order valence-electron chi connectivity index (χ0n) is 10.3. The maximum absolute atomic E-state index is 9.23. The molecule has 3 nitrogen and oxygen atoms in total. The number of aliphatic hydroxyl groups excluding tert-OH is 1. The highest BCUT2D eigenvalue weighted by Gasteiger charge is 2.09. The number of nitrogens with zero attached hydrogens (tertiary/aromatic N) is 2. The molecule has 0 aliphatic rings. The molecule has 0 fully saturated rings. The lowest BCUT2D eigenvalue weighted by atomic mass is 10.1. The molecule has 0 aliphatic carbocycles. The maximum Gasteiger partial charge on any atom is 0.0715 e. The first kappa shape index (κ1) is 11.9. The summed E-state index contributed by atoms with van der Waals surface area (Å²) in [4.78, 5) is 0. The van der Waals surface area contributed by atoms with Gasteiger partial charge in [-0.1, -0.05) is 31.2 Å². The fourth-order valence-electron chi connectivity index (χ4n) is 2.08. The van der Waals surface area contributed by atoms with Crippen molar-refractivity contribution >= 4 is 0 Å². The van der Waals surface area contributed by atoms with E-state index in [1.165, 1.54) is 11.1 Å². The largest absolute Gasteiger partial charge is 0.392 e. The van der Waals surface area contributed by atoms with E-state index < -0.39 is 0 Å². The highest BCUT2D eigenvalue weighted by Crippen LogP contribution is 2.14. The van der Waals surface area contributed by atoms with Crippen molar-refractivity contribution in [3.8, 4) is 0 Å². The van der Waals surface area contributed by atoms with Crippen molar-refractivity contribution in [2.75, 3.05) is 0 Å². The second-order valence-electron chi connectivity index (χ2n) is 4.21. The van der Waals surface area contributed by atoms with Crippen molar-refractivity contribution in [2.24, 2.45) is 0 Å². The highest BCUT2D eigenvalue weighted by molar-refractivity contribution is 5.27. The normalized spacial score (nSPS) is 10.8. The van der Waals surface area contributed by atoms with E-state index in [1.807, 2.05) is 16.8 Å². The van der Waals surface area contributed by atoms with Crippen molar-refractivity contribution in [3.63, 3.8) is 0 Å². The highest BCUT2D eigenvalue weighted by atomic mass is 16.3. The first-order valence-corrected chi connectivity index (χ1v) is 5.95. The molecule has 1 aromatic carbocycles. The molecule has 2 rings (SSSR count). The number of aliphatic hydroxyl groups is 1. The molecule has 2 aromatic rings. The Hall–Kier alpha value is -1.61. The molecular weight excluding hydrogens is 212 g/mol. The monoisotopic (exact) mass is 230 g/mol. The molecule has 0 bridgehead atoms. The molecule has 0 amide bonds. The molecule has 1 heterocycles. The van der Waals surface area contributed by atoms with E-state index in [-0.39, 0.29) is 6.61 Å². The van der Waals surface area contributed by atoms with Crippen LogP contribution in [0.2, 0.25) is 0 Å². The molecule has 0 atom stereocenters. The molecule has 0 unspecified atom stereocenters. The Balaban J connectivity index is 2.30. The minimum absolute atomic E-state index is 0.0664. The van der Waals surface area contributed by atoms with Gasteiger partial charge >= 0.3 is 0 Å². The lowest BCUT2D eigenvalue weighted by molar-refractivity contribution is 0.280. The van der Waals surface area contributed by atoms with Gasteiger partial charge in [-0.3, -0.25) is 4.68 Å². The van der Waals surface area contributed by atoms with E-state index in [4.69, 9.17) is 0 Å². The van der Waals surface area contributed by atoms with E-state index in [0.717, 1.165) is 24.2 Å². The summed E-state index contributed by atoms with van der Waals surface area (Å²) in [5, 5.41) is 13.6. The van der Waals surface area contributed by atoms with Gasteiger partial charge in [-0.2, -0.15) is 5.10 Å². The Labute approximate surface area is 102 Å². The van der Waals surface area contributed by atoms with Crippen LogP contribution in [0.1, 0.15) is 29.3 Å². The summed E-state index contributed by atoms with van der Waals surface area (Å²) < 4.78 is 1.98. The topological polar surface area (TPSA) is 38.1 Å². The Morgan fingerprint density at radius 1 is 1.24 bits per heavy atom. The summed E-state index contributed by atoms with van der Waals surface area (Å²) in [6, 6.07) is 8.32. The van der Waals surface area contributed by atoms with Crippen LogP contribution in [0.3, 0.4) is 0 Å². The van der Waals surface area contributed by atoms with Crippen LogP contribution in [0.15, 0.2) is 30.5 Å². The van der Waals surface area contributed by atoms with Gasteiger partial charge < -0.3 is 5.11 Å². The summed E-state index contributed by atoms with van der Waals surface area (Å²) >= 11 is 0. The smallest absolute Gasteiger partial charge is 0.0715 e. The fraction of sp³-hybridized carbons (Fsp3) is 0.357. The lowest BCUT2D eigenvalue weighted by Crippen LogP contribution is -2.07. The van der Waals surface area contributed by atoms with Crippen molar-refractivity contribution in [1.29, 1.82) is 0 Å². The van der Waals surface area contributed by atoms with Gasteiger partial charge in [0.05, 0.1) is 19.3 Å². The first-order valence-electron chi connectivity index (χ1n) is 5.95. The predicted molar refractivity (Wildman–Crippen MR) is 67.8 cm³/mol. The maximum atomic E-state index is 9.23. The van der Waals surface area contributed by atoms with E-state index in [9.17, 15) is 5.11 Å². The number of benzene rings is 1. The molecule has 90 valence electrons. The third-order valence-corrected chi connectivity index (χ3v) is 3.12. The molecule has 1 N–H and O–H groups in total. The van der Waals surface area contributed by atoms with Crippen LogP contribution in [0.5, 0.6) is 0 Å². The first-order chi connectivity index (χ1) is 8.26. The third-order valence-electron chi connectivity index (χ3n) is 3.12. The van der Waals surface area contributed by atoms with Gasteiger partial charge in [-0.15, -0.1) is 0 Å². The number of hydrogen-bond donors (Lipinski definition) is 1. The SMILES string of the molecule is CCc1c(CO)cnn1Cc1ccccc1C. The molecule has 0 spiro atoms. The van der Waals surface area contributed by atoms with Gasteiger partial charge in [0.25, 0.3) is 0 Å². The molecule has 0 aliphatic heterocycles. The van der Waals surface area contributed by atoms with Crippen molar-refractivity contribution < 1.29 is 5.11 Å². The minimum Gasteiger partial charge on any atom is -0.392 e. The van der Waals surface area contributed by atoms with E-state index in [0.29, 0.717) is 0 Å². The van der Waals surface area contributed by atoms with Gasteiger partial charge in [0, 0.05) is 11.3 Å². The van der Waals surface area contributed by atoms with Gasteiger partial charge in [-0.05, 0) is 24.5 Å². The van der Waals surface area contributed by atoms with Gasteiger partial charge in [0.2, 0.25) is 0 Å². The van der Waals surface area contributed by atoms with Gasteiger partial charge in [0.15, 0.2) is 0 Å². The molecule has 0 radical (unpaired) electrons. The summed E-state index contributed by atoms with van der Waals surface area (Å²) in [6.45, 7) is 5.04. The summed E-state index contributed by atoms with van der Waals surface area (Å²) in [7, 11) is 0. The van der Waals surface area contributed by atoms with Crippen LogP contribution in [0.25, 0.3) is 0 Å². The van der Waals surface area contributed by atoms with E-state index >= 15 is 0 Å². The van der Waals surface area contributed by atoms with Crippen LogP contribution in [-0.2, 0) is 19.6 Å². The molecule has 3 heteroatoms. The zero-order valence-corrected chi connectivity index (χ0v) is 10.3. The molecule has 1 aromatic heterocycles. The molecular formula is C14H18N2O. The van der Waals surface area contributed by atoms with Crippen LogP contribution >= 0.6 is 0 Å². The number of hydrogen-bond acceptors (Lipinski definition) is 2. The van der Waals surface area contributed by atoms with Crippen molar-refractivity contribution in [3.05, 3.63) is 52.8 Å². The Morgan fingerprint density at radius 3 is 2.65 bits per heavy atom. The van der Waals surface area contributed by atoms with Gasteiger partial charge in [-0.25, -0.2) is 0 Å². The second kappa shape index (κ2) is 5.15. The number of aryl methyl sites for hydroxylation is 1. The predicted octanol–water partition coefficient (Wildman–Crippen LogP) is 2.29. The molecule has 17 heavy (non-hydrogen) atoms. The zero-order chi connectivity index (χ0) is 12.3. The van der Waals surface area contributed by atoms with Crippen molar-refractivity contribution in [1.82, 2.24) is 9.78 Å². The Bertz CT molecular complexity index is 503. The minimum atomic E-state index is 0.0664. The van der Waals surface area contributed by atoms with Crippen LogP contribution in [0.4, 0.5) is 0 Å². The van der Waals surface area contributed by atoms with Crippen molar-refractivity contribution in [2.45, 2.75) is 33.4 Å². The van der Waals surface area contributed by atoms with E-state index in [1.54, 1.807) is 6.20 Å². The standard InChI is InChI=1S/C14H18N2O/c1-3-14-13(10-17)8-15-16(14)9-12-7-5-4-6-11(12)2/h4-8,17H,3,9-10H2,1-2H3. The Kier molecular flexibility index (Phi) is 3.59. The molecule has 0 saturated carbocycles. The quantitative estimate of drug-likeness (QED) is 0.875. The summed E-state index contributed by atoms with van der Waals surface area (Å²) in [5.74, 6) is 0. The van der Waals surface area contributed by atoms with Gasteiger partial charge in [0.1, 0.15) is 0 Å². The third kappa shape index (κ3) is 2.39. The lowest BCUT2D eigenvalue weighted by Gasteiger charge is -2.09. The average molecular weight is 230 g/mol. The summed E-state index contributed by atoms with van der Waals surface area (Å²) in [5.41, 5.74) is 4.60. The fourth-order valence-corrected chi connectivity index (χ4v) is 2.08. The number of aromatic nitrogens is 2. The molecule has 0 saturated heterocycles. The van der Waals surface area contributed by atoms with Crippen LogP contribution in [-0.4, -0.2) is 14.9 Å². The number of rotatable bonds is 4.